The number of sulfonamides is 1. The van der Waals surface area contributed by atoms with Gasteiger partial charge in [-0.25, -0.2) is 18.2 Å². The van der Waals surface area contributed by atoms with Crippen molar-refractivity contribution in [1.82, 2.24) is 20.3 Å². The first-order valence-electron chi connectivity index (χ1n) is 11.8. The quantitative estimate of drug-likeness (QED) is 0.144. The Bertz CT molecular complexity index is 1100. The molecule has 2 atom stereocenters. The summed E-state index contributed by atoms with van der Waals surface area (Å²) in [6.45, 7) is 5.98. The number of hydrogen-bond donors (Lipinski definition) is 6. The molecule has 2 rings (SSSR count). The van der Waals surface area contributed by atoms with E-state index in [1.165, 1.54) is 12.1 Å². The van der Waals surface area contributed by atoms with Crippen molar-refractivity contribution in [2.75, 3.05) is 6.54 Å². The minimum atomic E-state index is -3.89. The number of aryl methyl sites for hydroxylation is 1. The first kappa shape index (κ1) is 29.4. The van der Waals surface area contributed by atoms with Crippen LogP contribution in [0.1, 0.15) is 68.2 Å². The monoisotopic (exact) mass is 524 g/mol. The molecule has 0 aliphatic carbocycles. The lowest BCUT2D eigenvalue weighted by Crippen LogP contribution is -2.46. The number of carbonyl (C=O) groups excluding carboxylic acids is 1. The van der Waals surface area contributed by atoms with E-state index in [0.717, 1.165) is 0 Å². The number of rotatable bonds is 15. The number of nitrogens with two attached hydrogens (primary N) is 2. The summed E-state index contributed by atoms with van der Waals surface area (Å²) in [5.41, 5.74) is 10.7. The van der Waals surface area contributed by atoms with Crippen molar-refractivity contribution in [2.24, 2.45) is 17.4 Å². The molecule has 8 N–H and O–H groups in total. The molecule has 12 nitrogen and oxygen atoms in total. The van der Waals surface area contributed by atoms with Gasteiger partial charge in [0.2, 0.25) is 15.9 Å². The maximum absolute atomic E-state index is 13.0. The molecular weight excluding hydrogens is 488 g/mol. The highest BCUT2D eigenvalue weighted by Crippen LogP contribution is 2.26. The minimum absolute atomic E-state index is 0.0400. The Kier molecular flexibility index (Phi) is 11.0. The number of nitrogens with zero attached hydrogens (tertiary/aromatic N) is 1. The highest BCUT2D eigenvalue weighted by atomic mass is 32.2. The lowest BCUT2D eigenvalue weighted by Gasteiger charge is -2.18. The summed E-state index contributed by atoms with van der Waals surface area (Å²) >= 11 is 0. The average molecular weight is 525 g/mol. The zero-order valence-electron chi connectivity index (χ0n) is 20.7. The van der Waals surface area contributed by atoms with Crippen molar-refractivity contribution < 1.29 is 27.5 Å². The third kappa shape index (κ3) is 8.68. The smallest absolute Gasteiger partial charge is 0.326 e. The van der Waals surface area contributed by atoms with E-state index >= 15 is 0 Å². The predicted octanol–water partition coefficient (Wildman–Crippen LogP) is 1.06. The number of nitrogens with one attached hydrogen (secondary N) is 3. The molecular formula is C23H36N6O6S. The van der Waals surface area contributed by atoms with Gasteiger partial charge in [0.25, 0.3) is 5.91 Å². The zero-order chi connectivity index (χ0) is 26.9. The summed E-state index contributed by atoms with van der Waals surface area (Å²) in [7, 11) is -3.89. The van der Waals surface area contributed by atoms with Crippen LogP contribution in [0.15, 0.2) is 39.6 Å². The number of hydrogen-bond acceptors (Lipinski definition) is 9. The molecule has 0 saturated heterocycles. The summed E-state index contributed by atoms with van der Waals surface area (Å²) < 4.78 is 34.3. The lowest BCUT2D eigenvalue weighted by molar-refractivity contribution is -0.139. The van der Waals surface area contributed by atoms with E-state index in [4.69, 9.17) is 15.9 Å². The third-order valence-corrected chi connectivity index (χ3v) is 6.75. The van der Waals surface area contributed by atoms with Crippen LogP contribution < -0.4 is 26.8 Å². The molecule has 0 aliphatic rings. The van der Waals surface area contributed by atoms with Gasteiger partial charge in [-0.15, -0.1) is 0 Å². The van der Waals surface area contributed by atoms with Crippen LogP contribution in [-0.2, 0) is 21.2 Å². The van der Waals surface area contributed by atoms with Gasteiger partial charge in [-0.05, 0) is 43.9 Å². The Morgan fingerprint density at radius 1 is 1.17 bits per heavy atom. The van der Waals surface area contributed by atoms with Gasteiger partial charge < -0.3 is 26.3 Å². The molecule has 1 amide bonds. The summed E-state index contributed by atoms with van der Waals surface area (Å²) in [5.74, 6) is -1.56. The molecule has 0 spiro atoms. The normalized spacial score (nSPS) is 13.6. The number of aromatic nitrogens is 1. The van der Waals surface area contributed by atoms with Crippen LogP contribution in [-0.4, -0.2) is 49.3 Å². The molecule has 0 fully saturated rings. The molecule has 1 aromatic heterocycles. The maximum Gasteiger partial charge on any atom is 0.326 e. The average Bonchev–Trinajstić information content (AvgIpc) is 3.25. The van der Waals surface area contributed by atoms with Crippen molar-refractivity contribution in [3.05, 3.63) is 47.7 Å². The highest BCUT2D eigenvalue weighted by Gasteiger charge is 2.30. The summed E-state index contributed by atoms with van der Waals surface area (Å²) in [6, 6.07) is 5.91. The topological polar surface area (TPSA) is 203 Å². The molecule has 0 bridgehead atoms. The number of carboxylic acids is 1. The molecule has 2 aromatic rings. The first-order valence-corrected chi connectivity index (χ1v) is 13.3. The number of carboxylic acid groups (broad SMARTS) is 1. The molecule has 0 radical (unpaired) electrons. The molecule has 36 heavy (non-hydrogen) atoms. The number of oxazole rings is 1. The fourth-order valence-electron chi connectivity index (χ4n) is 3.52. The Morgan fingerprint density at radius 2 is 1.83 bits per heavy atom. The second-order valence-electron chi connectivity index (χ2n) is 8.78. The van der Waals surface area contributed by atoms with E-state index in [1.807, 2.05) is 13.8 Å². The van der Waals surface area contributed by atoms with Gasteiger partial charge in [0.15, 0.2) is 5.69 Å². The van der Waals surface area contributed by atoms with E-state index in [9.17, 15) is 23.1 Å². The van der Waals surface area contributed by atoms with E-state index in [-0.39, 0.29) is 34.6 Å². The number of carbonyl (C=O) groups is 2. The molecule has 0 saturated carbocycles. The Morgan fingerprint density at radius 3 is 2.39 bits per heavy atom. The standard InChI is InChI=1S/C23H36N6O6S/c1-4-18-19(20(30)27-16(22(31)32)11-8-12-26-23(24)25)28-21(35-18)17(13-14(2)3)29-36(33,34)15-9-6-5-7-10-15/h5-7,9-10,14,16-17,23,26,29H,4,8,11-13,24-25H2,1-3H3,(H,27,30)(H,31,32). The van der Waals surface area contributed by atoms with Crippen molar-refractivity contribution >= 4 is 21.9 Å². The largest absolute Gasteiger partial charge is 0.480 e. The van der Waals surface area contributed by atoms with Crippen LogP contribution >= 0.6 is 0 Å². The number of benzene rings is 1. The van der Waals surface area contributed by atoms with Crippen LogP contribution in [0, 0.1) is 5.92 Å². The van der Waals surface area contributed by atoms with Gasteiger partial charge in [-0.2, -0.15) is 4.72 Å². The van der Waals surface area contributed by atoms with E-state index in [0.29, 0.717) is 25.8 Å². The predicted molar refractivity (Wildman–Crippen MR) is 133 cm³/mol. The maximum atomic E-state index is 13.0. The molecule has 13 heteroatoms. The van der Waals surface area contributed by atoms with Crippen LogP contribution in [0.3, 0.4) is 0 Å². The van der Waals surface area contributed by atoms with Gasteiger partial charge in [0, 0.05) is 6.42 Å². The fourth-order valence-corrected chi connectivity index (χ4v) is 4.74. The summed E-state index contributed by atoms with van der Waals surface area (Å²) in [5, 5.41) is 14.8. The van der Waals surface area contributed by atoms with E-state index in [2.05, 4.69) is 20.3 Å². The van der Waals surface area contributed by atoms with Gasteiger partial charge >= 0.3 is 5.97 Å². The van der Waals surface area contributed by atoms with Gasteiger partial charge in [0.05, 0.1) is 10.9 Å². The second-order valence-corrected chi connectivity index (χ2v) is 10.5. The molecule has 0 aliphatic heterocycles. The fraction of sp³-hybridized carbons (Fsp3) is 0.522. The molecule has 1 aromatic carbocycles. The van der Waals surface area contributed by atoms with Gasteiger partial charge in [-0.3, -0.25) is 10.1 Å². The van der Waals surface area contributed by atoms with Gasteiger partial charge in [0.1, 0.15) is 18.1 Å². The number of amides is 1. The number of aliphatic carboxylic acids is 1. The van der Waals surface area contributed by atoms with Crippen molar-refractivity contribution in [2.45, 2.75) is 69.7 Å². The summed E-state index contributed by atoms with van der Waals surface area (Å²) in [4.78, 5) is 29.0. The van der Waals surface area contributed by atoms with Crippen LogP contribution in [0.5, 0.6) is 0 Å². The minimum Gasteiger partial charge on any atom is -0.480 e. The molecule has 1 heterocycles. The third-order valence-electron chi connectivity index (χ3n) is 5.26. The Hall–Kier alpha value is -2.84. The highest BCUT2D eigenvalue weighted by molar-refractivity contribution is 7.89. The molecule has 200 valence electrons. The molecule has 2 unspecified atom stereocenters. The van der Waals surface area contributed by atoms with Crippen molar-refractivity contribution in [3.8, 4) is 0 Å². The lowest BCUT2D eigenvalue weighted by atomic mass is 10.0. The zero-order valence-corrected chi connectivity index (χ0v) is 21.5. The Labute approximate surface area is 211 Å². The van der Waals surface area contributed by atoms with Crippen LogP contribution in [0.25, 0.3) is 0 Å². The van der Waals surface area contributed by atoms with E-state index in [1.54, 1.807) is 25.1 Å². The van der Waals surface area contributed by atoms with Gasteiger partial charge in [-0.1, -0.05) is 39.0 Å². The SMILES string of the molecule is CCc1oc(C(CC(C)C)NS(=O)(=O)c2ccccc2)nc1C(=O)NC(CCCNC(N)N)C(=O)O. The Balaban J connectivity index is 2.25. The second kappa shape index (κ2) is 13.5. The van der Waals surface area contributed by atoms with E-state index < -0.39 is 40.3 Å². The van der Waals surface area contributed by atoms with Crippen molar-refractivity contribution in [1.29, 1.82) is 0 Å². The van der Waals surface area contributed by atoms with Crippen LogP contribution in [0.2, 0.25) is 0 Å². The van der Waals surface area contributed by atoms with Crippen molar-refractivity contribution in [3.63, 3.8) is 0 Å². The van der Waals surface area contributed by atoms with Crippen LogP contribution in [0.4, 0.5) is 0 Å². The first-order chi connectivity index (χ1) is 16.9. The summed E-state index contributed by atoms with van der Waals surface area (Å²) in [6.07, 6.45) is 0.488.